The lowest BCUT2D eigenvalue weighted by molar-refractivity contribution is 0.0481. The van der Waals surface area contributed by atoms with Gasteiger partial charge in [0, 0.05) is 31.1 Å². The minimum atomic E-state index is -0.768. The lowest BCUT2D eigenvalue weighted by Gasteiger charge is -2.20. The monoisotopic (exact) mass is 242 g/mol. The molecule has 1 aromatic carbocycles. The van der Waals surface area contributed by atoms with Gasteiger partial charge in [-0.05, 0) is 17.5 Å². The van der Waals surface area contributed by atoms with Gasteiger partial charge in [-0.3, -0.25) is 4.68 Å². The van der Waals surface area contributed by atoms with Gasteiger partial charge < -0.3 is 5.11 Å². The molecule has 3 rings (SSSR count). The quantitative estimate of drug-likeness (QED) is 0.896. The Morgan fingerprint density at radius 2 is 1.94 bits per heavy atom. The van der Waals surface area contributed by atoms with Crippen molar-refractivity contribution < 1.29 is 5.11 Å². The predicted molar refractivity (Wildman–Crippen MR) is 70.3 cm³/mol. The molecule has 1 heterocycles. The number of hydrogen-bond acceptors (Lipinski definition) is 2. The van der Waals surface area contributed by atoms with Crippen LogP contribution in [0.25, 0.3) is 0 Å². The van der Waals surface area contributed by atoms with Crippen molar-refractivity contribution in [3.8, 4) is 0 Å². The van der Waals surface area contributed by atoms with E-state index in [4.69, 9.17) is 0 Å². The number of aromatic nitrogens is 2. The fourth-order valence-electron chi connectivity index (χ4n) is 2.75. The van der Waals surface area contributed by atoms with Crippen molar-refractivity contribution in [3.63, 3.8) is 0 Å². The van der Waals surface area contributed by atoms with Crippen molar-refractivity contribution in [1.29, 1.82) is 0 Å². The molecule has 0 saturated carbocycles. The number of aliphatic hydroxyl groups is 1. The van der Waals surface area contributed by atoms with Gasteiger partial charge in [0.1, 0.15) is 5.60 Å². The second-order valence-electron chi connectivity index (χ2n) is 5.15. The molecule has 2 aromatic rings. The normalized spacial score (nSPS) is 16.8. The molecule has 1 N–H and O–H groups in total. The zero-order valence-electron chi connectivity index (χ0n) is 10.6. The molecule has 3 heteroatoms. The fourth-order valence-corrected chi connectivity index (χ4v) is 2.75. The summed E-state index contributed by atoms with van der Waals surface area (Å²) < 4.78 is 1.91. The van der Waals surface area contributed by atoms with E-state index in [1.54, 1.807) is 0 Å². The third-order valence-electron chi connectivity index (χ3n) is 3.71. The van der Waals surface area contributed by atoms with E-state index in [-0.39, 0.29) is 0 Å². The van der Waals surface area contributed by atoms with Crippen LogP contribution in [-0.4, -0.2) is 14.9 Å². The first kappa shape index (κ1) is 11.5. The number of fused-ring (bicyclic) bond motifs is 1. The molecule has 0 unspecified atom stereocenters. The van der Waals surface area contributed by atoms with Crippen molar-refractivity contribution in [1.82, 2.24) is 9.78 Å². The maximum Gasteiger partial charge on any atom is 0.101 e. The summed E-state index contributed by atoms with van der Waals surface area (Å²) in [6.07, 6.45) is 6.23. The SMILES string of the molecule is CCCn1cc(C2(O)Cc3ccccc3C2)cn1. The van der Waals surface area contributed by atoms with Crippen molar-refractivity contribution in [3.05, 3.63) is 53.3 Å². The maximum atomic E-state index is 10.8. The van der Waals surface area contributed by atoms with Gasteiger partial charge in [0.2, 0.25) is 0 Å². The maximum absolute atomic E-state index is 10.8. The Kier molecular flexibility index (Phi) is 2.71. The highest BCUT2D eigenvalue weighted by Crippen LogP contribution is 2.37. The van der Waals surface area contributed by atoms with Crippen LogP contribution in [0.3, 0.4) is 0 Å². The zero-order chi connectivity index (χ0) is 12.6. The molecule has 1 aromatic heterocycles. The van der Waals surface area contributed by atoms with Crippen LogP contribution in [0.4, 0.5) is 0 Å². The van der Waals surface area contributed by atoms with E-state index in [0.717, 1.165) is 18.5 Å². The van der Waals surface area contributed by atoms with E-state index in [1.807, 2.05) is 29.2 Å². The third-order valence-corrected chi connectivity index (χ3v) is 3.71. The average Bonchev–Trinajstić information content (AvgIpc) is 2.93. The van der Waals surface area contributed by atoms with Crippen molar-refractivity contribution in [2.24, 2.45) is 0 Å². The van der Waals surface area contributed by atoms with Crippen LogP contribution >= 0.6 is 0 Å². The number of aryl methyl sites for hydroxylation is 1. The average molecular weight is 242 g/mol. The van der Waals surface area contributed by atoms with E-state index in [1.165, 1.54) is 11.1 Å². The summed E-state index contributed by atoms with van der Waals surface area (Å²) in [6.45, 7) is 3.03. The highest BCUT2D eigenvalue weighted by atomic mass is 16.3. The summed E-state index contributed by atoms with van der Waals surface area (Å²) in [5, 5.41) is 15.1. The summed E-state index contributed by atoms with van der Waals surface area (Å²) in [5.41, 5.74) is 2.68. The van der Waals surface area contributed by atoms with Gasteiger partial charge in [0.25, 0.3) is 0 Å². The Hall–Kier alpha value is -1.61. The van der Waals surface area contributed by atoms with Gasteiger partial charge in [-0.2, -0.15) is 5.10 Å². The molecule has 18 heavy (non-hydrogen) atoms. The molecular formula is C15H18N2O. The van der Waals surface area contributed by atoms with E-state index in [2.05, 4.69) is 24.2 Å². The molecule has 0 bridgehead atoms. The van der Waals surface area contributed by atoms with Crippen molar-refractivity contribution >= 4 is 0 Å². The van der Waals surface area contributed by atoms with Gasteiger partial charge in [0.05, 0.1) is 6.20 Å². The van der Waals surface area contributed by atoms with Gasteiger partial charge in [-0.25, -0.2) is 0 Å². The Bertz CT molecular complexity index is 534. The summed E-state index contributed by atoms with van der Waals surface area (Å²) in [6, 6.07) is 8.27. The molecule has 94 valence electrons. The van der Waals surface area contributed by atoms with Crippen LogP contribution in [0.1, 0.15) is 30.0 Å². The number of nitrogens with zero attached hydrogens (tertiary/aromatic N) is 2. The predicted octanol–water partition coefficient (Wildman–Crippen LogP) is 2.28. The van der Waals surface area contributed by atoms with Crippen LogP contribution in [0.2, 0.25) is 0 Å². The fraction of sp³-hybridized carbons (Fsp3) is 0.400. The molecule has 3 nitrogen and oxygen atoms in total. The molecule has 0 atom stereocenters. The Balaban J connectivity index is 1.88. The first-order valence-corrected chi connectivity index (χ1v) is 6.53. The molecule has 0 aliphatic heterocycles. The molecule has 0 radical (unpaired) electrons. The zero-order valence-corrected chi connectivity index (χ0v) is 10.6. The first-order valence-electron chi connectivity index (χ1n) is 6.53. The van der Waals surface area contributed by atoms with Crippen LogP contribution in [0.15, 0.2) is 36.7 Å². The Morgan fingerprint density at radius 1 is 1.28 bits per heavy atom. The van der Waals surface area contributed by atoms with Crippen LogP contribution in [-0.2, 0) is 25.0 Å². The molecule has 0 fully saturated rings. The van der Waals surface area contributed by atoms with Gasteiger partial charge in [0.15, 0.2) is 0 Å². The van der Waals surface area contributed by atoms with E-state index in [0.29, 0.717) is 12.8 Å². The molecule has 1 aliphatic rings. The van der Waals surface area contributed by atoms with Crippen molar-refractivity contribution in [2.45, 2.75) is 38.3 Å². The Morgan fingerprint density at radius 3 is 2.56 bits per heavy atom. The van der Waals surface area contributed by atoms with Gasteiger partial charge >= 0.3 is 0 Å². The van der Waals surface area contributed by atoms with E-state index >= 15 is 0 Å². The lowest BCUT2D eigenvalue weighted by atomic mass is 9.94. The first-order chi connectivity index (χ1) is 8.71. The lowest BCUT2D eigenvalue weighted by Crippen LogP contribution is -2.25. The molecule has 0 spiro atoms. The van der Waals surface area contributed by atoms with E-state index < -0.39 is 5.60 Å². The molecule has 1 aliphatic carbocycles. The Labute approximate surface area is 107 Å². The van der Waals surface area contributed by atoms with Gasteiger partial charge in [-0.15, -0.1) is 0 Å². The molecular weight excluding hydrogens is 224 g/mol. The largest absolute Gasteiger partial charge is 0.384 e. The summed E-state index contributed by atoms with van der Waals surface area (Å²) in [5.74, 6) is 0. The number of benzene rings is 1. The van der Waals surface area contributed by atoms with E-state index in [9.17, 15) is 5.11 Å². The van der Waals surface area contributed by atoms with Crippen LogP contribution in [0, 0.1) is 0 Å². The summed E-state index contributed by atoms with van der Waals surface area (Å²) in [4.78, 5) is 0. The number of rotatable bonds is 3. The summed E-state index contributed by atoms with van der Waals surface area (Å²) in [7, 11) is 0. The third kappa shape index (κ3) is 1.85. The highest BCUT2D eigenvalue weighted by molar-refractivity contribution is 5.38. The second-order valence-corrected chi connectivity index (χ2v) is 5.15. The smallest absolute Gasteiger partial charge is 0.101 e. The van der Waals surface area contributed by atoms with Crippen molar-refractivity contribution in [2.75, 3.05) is 0 Å². The standard InChI is InChI=1S/C15H18N2O/c1-2-7-17-11-14(10-16-17)15(18)8-12-5-3-4-6-13(12)9-15/h3-6,10-11,18H,2,7-9H2,1H3. The number of hydrogen-bond donors (Lipinski definition) is 1. The topological polar surface area (TPSA) is 38.0 Å². The highest BCUT2D eigenvalue weighted by Gasteiger charge is 2.37. The van der Waals surface area contributed by atoms with Gasteiger partial charge in [-0.1, -0.05) is 31.2 Å². The second kappa shape index (κ2) is 4.25. The van der Waals surface area contributed by atoms with Crippen LogP contribution < -0.4 is 0 Å². The molecule has 0 saturated heterocycles. The minimum Gasteiger partial charge on any atom is -0.384 e. The van der Waals surface area contributed by atoms with Crippen LogP contribution in [0.5, 0.6) is 0 Å². The minimum absolute atomic E-state index is 0.695. The molecule has 0 amide bonds. The summed E-state index contributed by atoms with van der Waals surface area (Å²) >= 11 is 0.